The maximum Gasteiger partial charge on any atom is 0.00419 e. The van der Waals surface area contributed by atoms with Crippen molar-refractivity contribution in [2.75, 3.05) is 33.2 Å². The minimum atomic E-state index is 0.402. The second-order valence-electron chi connectivity index (χ2n) is 5.98. The Bertz CT molecular complexity index is 173. The monoisotopic (exact) mass is 212 g/mol. The fraction of sp³-hybridized carbons (Fsp3) is 1.00. The topological polar surface area (TPSA) is 15.3 Å². The standard InChI is InChI=1S/C13H28N2/c1-5-8-14-10-13(2,3)11-15(4)9-12-6-7-12/h12,14H,5-11H2,1-4H3. The van der Waals surface area contributed by atoms with Crippen LogP contribution < -0.4 is 5.32 Å². The van der Waals surface area contributed by atoms with E-state index in [1.54, 1.807) is 0 Å². The van der Waals surface area contributed by atoms with Crippen molar-refractivity contribution < 1.29 is 0 Å². The summed E-state index contributed by atoms with van der Waals surface area (Å²) in [4.78, 5) is 2.51. The van der Waals surface area contributed by atoms with Gasteiger partial charge in [-0.1, -0.05) is 20.8 Å². The fourth-order valence-electron chi connectivity index (χ4n) is 2.20. The zero-order chi connectivity index (χ0) is 11.3. The molecule has 1 N–H and O–H groups in total. The first-order valence-electron chi connectivity index (χ1n) is 6.43. The van der Waals surface area contributed by atoms with Gasteiger partial charge in [-0.05, 0) is 44.2 Å². The van der Waals surface area contributed by atoms with Crippen molar-refractivity contribution in [3.63, 3.8) is 0 Å². The van der Waals surface area contributed by atoms with Crippen LogP contribution in [0.3, 0.4) is 0 Å². The first kappa shape index (κ1) is 13.0. The van der Waals surface area contributed by atoms with Crippen LogP contribution in [-0.4, -0.2) is 38.1 Å². The summed E-state index contributed by atoms with van der Waals surface area (Å²) in [5.41, 5.74) is 0.402. The van der Waals surface area contributed by atoms with Crippen LogP contribution in [0.1, 0.15) is 40.0 Å². The Kier molecular flexibility index (Phi) is 5.07. The molecule has 0 spiro atoms. The van der Waals surface area contributed by atoms with Crippen LogP contribution >= 0.6 is 0 Å². The van der Waals surface area contributed by atoms with Gasteiger partial charge in [0.15, 0.2) is 0 Å². The smallest absolute Gasteiger partial charge is 0.00419 e. The molecule has 90 valence electrons. The number of nitrogens with one attached hydrogen (secondary N) is 1. The highest BCUT2D eigenvalue weighted by Crippen LogP contribution is 2.30. The van der Waals surface area contributed by atoms with E-state index >= 15 is 0 Å². The molecule has 0 amide bonds. The van der Waals surface area contributed by atoms with E-state index in [4.69, 9.17) is 0 Å². The molecule has 0 aromatic rings. The number of rotatable bonds is 8. The summed E-state index contributed by atoms with van der Waals surface area (Å²) in [6.07, 6.45) is 4.14. The van der Waals surface area contributed by atoms with Crippen molar-refractivity contribution >= 4 is 0 Å². The Morgan fingerprint density at radius 3 is 2.53 bits per heavy atom. The lowest BCUT2D eigenvalue weighted by molar-refractivity contribution is 0.199. The molecule has 1 saturated carbocycles. The third-order valence-corrected chi connectivity index (χ3v) is 3.00. The molecule has 0 radical (unpaired) electrons. The van der Waals surface area contributed by atoms with Gasteiger partial charge in [-0.15, -0.1) is 0 Å². The SMILES string of the molecule is CCCNCC(C)(C)CN(C)CC1CC1. The second kappa shape index (κ2) is 5.86. The third kappa shape index (κ3) is 6.16. The molecule has 0 aliphatic heterocycles. The Balaban J connectivity index is 2.14. The highest BCUT2D eigenvalue weighted by atomic mass is 15.1. The van der Waals surface area contributed by atoms with Crippen molar-refractivity contribution in [2.45, 2.75) is 40.0 Å². The second-order valence-corrected chi connectivity index (χ2v) is 5.98. The van der Waals surface area contributed by atoms with Gasteiger partial charge >= 0.3 is 0 Å². The predicted octanol–water partition coefficient (Wildman–Crippen LogP) is 2.35. The maximum atomic E-state index is 3.52. The summed E-state index contributed by atoms with van der Waals surface area (Å²) in [6, 6.07) is 0. The van der Waals surface area contributed by atoms with Gasteiger partial charge in [-0.3, -0.25) is 0 Å². The molecular weight excluding hydrogens is 184 g/mol. The summed E-state index contributed by atoms with van der Waals surface area (Å²) < 4.78 is 0. The summed E-state index contributed by atoms with van der Waals surface area (Å²) in [6.45, 7) is 11.7. The molecule has 0 atom stereocenters. The van der Waals surface area contributed by atoms with Gasteiger partial charge in [0, 0.05) is 19.6 Å². The number of nitrogens with zero attached hydrogens (tertiary/aromatic N) is 1. The van der Waals surface area contributed by atoms with Crippen molar-refractivity contribution in [1.82, 2.24) is 10.2 Å². The molecule has 2 heteroatoms. The van der Waals surface area contributed by atoms with E-state index in [1.165, 1.54) is 32.4 Å². The molecule has 1 rings (SSSR count). The third-order valence-electron chi connectivity index (χ3n) is 3.00. The predicted molar refractivity (Wildman–Crippen MR) is 67.2 cm³/mol. The van der Waals surface area contributed by atoms with Crippen molar-refractivity contribution in [3.8, 4) is 0 Å². The van der Waals surface area contributed by atoms with Crippen LogP contribution in [0.4, 0.5) is 0 Å². The zero-order valence-corrected chi connectivity index (χ0v) is 11.0. The van der Waals surface area contributed by atoms with Crippen LogP contribution in [0.2, 0.25) is 0 Å². The van der Waals surface area contributed by atoms with E-state index in [0.29, 0.717) is 5.41 Å². The first-order valence-corrected chi connectivity index (χ1v) is 6.43. The maximum absolute atomic E-state index is 3.52. The van der Waals surface area contributed by atoms with Crippen LogP contribution in [0.15, 0.2) is 0 Å². The van der Waals surface area contributed by atoms with E-state index in [0.717, 1.165) is 19.0 Å². The minimum Gasteiger partial charge on any atom is -0.316 e. The fourth-order valence-corrected chi connectivity index (χ4v) is 2.20. The Labute approximate surface area is 95.4 Å². The average Bonchev–Trinajstić information content (AvgIpc) is 2.87. The molecule has 0 heterocycles. The summed E-state index contributed by atoms with van der Waals surface area (Å²) in [7, 11) is 2.26. The summed E-state index contributed by atoms with van der Waals surface area (Å²) in [5.74, 6) is 1.01. The van der Waals surface area contributed by atoms with Crippen LogP contribution in [0.5, 0.6) is 0 Å². The number of hydrogen-bond acceptors (Lipinski definition) is 2. The van der Waals surface area contributed by atoms with Gasteiger partial charge in [0.1, 0.15) is 0 Å². The largest absolute Gasteiger partial charge is 0.316 e. The van der Waals surface area contributed by atoms with Gasteiger partial charge in [-0.25, -0.2) is 0 Å². The van der Waals surface area contributed by atoms with Crippen LogP contribution in [0.25, 0.3) is 0 Å². The summed E-state index contributed by atoms with van der Waals surface area (Å²) >= 11 is 0. The van der Waals surface area contributed by atoms with Gasteiger partial charge in [0.05, 0.1) is 0 Å². The molecule has 0 saturated heterocycles. The lowest BCUT2D eigenvalue weighted by atomic mass is 9.92. The van der Waals surface area contributed by atoms with Crippen LogP contribution in [0, 0.1) is 11.3 Å². The highest BCUT2D eigenvalue weighted by molar-refractivity contribution is 4.80. The van der Waals surface area contributed by atoms with Gasteiger partial charge in [-0.2, -0.15) is 0 Å². The molecule has 2 nitrogen and oxygen atoms in total. The zero-order valence-electron chi connectivity index (χ0n) is 11.0. The van der Waals surface area contributed by atoms with Crippen molar-refractivity contribution in [1.29, 1.82) is 0 Å². The van der Waals surface area contributed by atoms with E-state index in [1.807, 2.05) is 0 Å². The molecule has 1 fully saturated rings. The molecule has 0 aromatic heterocycles. The van der Waals surface area contributed by atoms with Gasteiger partial charge < -0.3 is 10.2 Å². The Morgan fingerprint density at radius 1 is 1.33 bits per heavy atom. The van der Waals surface area contributed by atoms with E-state index in [2.05, 4.69) is 38.0 Å². The van der Waals surface area contributed by atoms with Crippen molar-refractivity contribution in [3.05, 3.63) is 0 Å². The minimum absolute atomic E-state index is 0.402. The summed E-state index contributed by atoms with van der Waals surface area (Å²) in [5, 5.41) is 3.52. The van der Waals surface area contributed by atoms with Gasteiger partial charge in [0.25, 0.3) is 0 Å². The normalized spacial score (nSPS) is 17.4. The lowest BCUT2D eigenvalue weighted by Crippen LogP contribution is -2.39. The molecule has 0 aromatic carbocycles. The van der Waals surface area contributed by atoms with E-state index < -0.39 is 0 Å². The molecule has 0 unspecified atom stereocenters. The molecule has 1 aliphatic rings. The quantitative estimate of drug-likeness (QED) is 0.621. The molecular formula is C13H28N2. The first-order chi connectivity index (χ1) is 7.03. The average molecular weight is 212 g/mol. The van der Waals surface area contributed by atoms with E-state index in [9.17, 15) is 0 Å². The molecule has 1 aliphatic carbocycles. The lowest BCUT2D eigenvalue weighted by Gasteiger charge is -2.30. The van der Waals surface area contributed by atoms with Crippen molar-refractivity contribution in [2.24, 2.45) is 11.3 Å². The van der Waals surface area contributed by atoms with E-state index in [-0.39, 0.29) is 0 Å². The number of hydrogen-bond donors (Lipinski definition) is 1. The molecule has 0 bridgehead atoms. The Morgan fingerprint density at radius 2 is 2.00 bits per heavy atom. The van der Waals surface area contributed by atoms with Gasteiger partial charge in [0.2, 0.25) is 0 Å². The Hall–Kier alpha value is -0.0800. The van der Waals surface area contributed by atoms with Crippen LogP contribution in [-0.2, 0) is 0 Å². The molecule has 15 heavy (non-hydrogen) atoms. The highest BCUT2D eigenvalue weighted by Gasteiger charge is 2.26.